The van der Waals surface area contributed by atoms with Crippen LogP contribution in [0.3, 0.4) is 0 Å². The van der Waals surface area contributed by atoms with Crippen LogP contribution in [-0.4, -0.2) is 17.0 Å². The molecular formula is C67H64BN3. The molecular weight excluding hydrogens is 858 g/mol. The van der Waals surface area contributed by atoms with E-state index < -0.39 is 0 Å². The summed E-state index contributed by atoms with van der Waals surface area (Å²) in [7, 11) is 0. The summed E-state index contributed by atoms with van der Waals surface area (Å²) in [4.78, 5) is 5.64. The monoisotopic (exact) mass is 922 g/mol. The molecule has 4 heteroatoms. The second-order valence-corrected chi connectivity index (χ2v) is 25.2. The van der Waals surface area contributed by atoms with Gasteiger partial charge in [-0.3, -0.25) is 0 Å². The molecule has 0 saturated heterocycles. The van der Waals surface area contributed by atoms with Crippen LogP contribution in [0.5, 0.6) is 0 Å². The highest BCUT2D eigenvalue weighted by molar-refractivity contribution is 6.93. The summed E-state index contributed by atoms with van der Waals surface area (Å²) in [5.74, 6) is 0. The molecule has 1 aromatic heterocycles. The van der Waals surface area contributed by atoms with Gasteiger partial charge in [-0.05, 0) is 167 Å². The predicted molar refractivity (Wildman–Crippen MR) is 302 cm³/mol. The minimum atomic E-state index is -0.186. The van der Waals surface area contributed by atoms with Gasteiger partial charge in [0.2, 0.25) is 0 Å². The van der Waals surface area contributed by atoms with Crippen LogP contribution >= 0.6 is 0 Å². The summed E-state index contributed by atoms with van der Waals surface area (Å²) in [6.45, 7) is 24.6. The van der Waals surface area contributed by atoms with E-state index in [-0.39, 0.29) is 34.0 Å². The van der Waals surface area contributed by atoms with Gasteiger partial charge in [-0.2, -0.15) is 0 Å². The lowest BCUT2D eigenvalue weighted by atomic mass is 9.43. The van der Waals surface area contributed by atoms with E-state index in [1.807, 2.05) is 0 Å². The van der Waals surface area contributed by atoms with Crippen LogP contribution in [0, 0.1) is 13.8 Å². The number of aryl methyl sites for hydroxylation is 2. The highest BCUT2D eigenvalue weighted by atomic mass is 15.3. The molecule has 8 aromatic carbocycles. The lowest BCUT2D eigenvalue weighted by Gasteiger charge is -2.51. The fourth-order valence-electron chi connectivity index (χ4n) is 15.9. The Balaban J connectivity index is 1.14. The van der Waals surface area contributed by atoms with Crippen molar-refractivity contribution in [2.75, 3.05) is 9.71 Å². The van der Waals surface area contributed by atoms with Gasteiger partial charge in [-0.15, -0.1) is 0 Å². The van der Waals surface area contributed by atoms with E-state index in [0.717, 1.165) is 6.42 Å². The Bertz CT molecular complexity index is 3880. The second-order valence-electron chi connectivity index (χ2n) is 25.2. The first-order chi connectivity index (χ1) is 34.0. The lowest BCUT2D eigenvalue weighted by Crippen LogP contribution is -2.61. The van der Waals surface area contributed by atoms with Crippen molar-refractivity contribution in [2.24, 2.45) is 0 Å². The number of nitrogens with zero attached hydrogens (tertiary/aromatic N) is 3. The smallest absolute Gasteiger partial charge is 0.333 e. The minimum Gasteiger partial charge on any atom is -0.376 e. The molecule has 2 atom stereocenters. The van der Waals surface area contributed by atoms with Crippen LogP contribution in [0.2, 0.25) is 0 Å². The van der Waals surface area contributed by atoms with E-state index >= 15 is 0 Å². The summed E-state index contributed by atoms with van der Waals surface area (Å²) in [5, 5.41) is 5.30. The van der Waals surface area contributed by atoms with Gasteiger partial charge in [0.15, 0.2) is 0 Å². The number of para-hydroxylation sites is 1. The molecule has 1 saturated carbocycles. The molecule has 3 aliphatic heterocycles. The fourth-order valence-corrected chi connectivity index (χ4v) is 15.9. The summed E-state index contributed by atoms with van der Waals surface area (Å²) >= 11 is 0. The van der Waals surface area contributed by atoms with Crippen molar-refractivity contribution in [2.45, 2.75) is 135 Å². The summed E-state index contributed by atoms with van der Waals surface area (Å²) in [6.07, 6.45) is 7.25. The van der Waals surface area contributed by atoms with Gasteiger partial charge < -0.3 is 14.3 Å². The van der Waals surface area contributed by atoms with Gasteiger partial charge in [0.1, 0.15) is 0 Å². The maximum atomic E-state index is 2.88. The number of rotatable bonds is 2. The van der Waals surface area contributed by atoms with Crippen LogP contribution in [-0.2, 0) is 21.7 Å². The van der Waals surface area contributed by atoms with Crippen LogP contribution in [0.4, 0.5) is 22.7 Å². The van der Waals surface area contributed by atoms with E-state index in [1.165, 1.54) is 160 Å². The van der Waals surface area contributed by atoms with Crippen LogP contribution in [0.1, 0.15) is 133 Å². The predicted octanol–water partition coefficient (Wildman–Crippen LogP) is 16.2. The third kappa shape index (κ3) is 5.12. The quantitative estimate of drug-likeness (QED) is 0.160. The van der Waals surface area contributed by atoms with Crippen LogP contribution in [0.15, 0.2) is 133 Å². The maximum Gasteiger partial charge on any atom is 0.333 e. The number of aromatic nitrogens is 1. The Kier molecular flexibility index (Phi) is 8.02. The third-order valence-corrected chi connectivity index (χ3v) is 20.1. The first-order valence-electron chi connectivity index (χ1n) is 26.8. The van der Waals surface area contributed by atoms with E-state index in [4.69, 9.17) is 0 Å². The zero-order chi connectivity index (χ0) is 48.5. The molecule has 4 heterocycles. The first-order valence-corrected chi connectivity index (χ1v) is 26.8. The topological polar surface area (TPSA) is 11.4 Å². The molecule has 3 nitrogen and oxygen atoms in total. The molecule has 0 radical (unpaired) electrons. The summed E-state index contributed by atoms with van der Waals surface area (Å²) < 4.78 is 2.73. The molecule has 9 aromatic rings. The molecule has 0 N–H and O–H groups in total. The number of fused-ring (bicyclic) bond motifs is 17. The van der Waals surface area contributed by atoms with Gasteiger partial charge in [0.25, 0.3) is 0 Å². The van der Waals surface area contributed by atoms with Crippen molar-refractivity contribution in [3.8, 4) is 27.9 Å². The largest absolute Gasteiger partial charge is 0.376 e. The van der Waals surface area contributed by atoms with Crippen LogP contribution in [0.25, 0.3) is 60.5 Å². The SMILES string of the molecule is Cc1ccc(N2B3c4cc(C)ccc4-n4c5c3c(cc(N3c6ccccc6C6(C)CCCCC36C)c5c3ccc5ccccc5c34)-c3cc4c(cc32)C(C)(C)c2cc3c(cc2-4)C(C)(C)CCC3(C)C)cc1. The molecule has 2 unspecified atom stereocenters. The van der Waals surface area contributed by atoms with Gasteiger partial charge in [0, 0.05) is 55.3 Å². The van der Waals surface area contributed by atoms with Crippen molar-refractivity contribution in [3.05, 3.63) is 172 Å². The summed E-state index contributed by atoms with van der Waals surface area (Å²) in [6, 6.07) is 53.5. The molecule has 1 fully saturated rings. The normalized spacial score (nSPS) is 22.3. The highest BCUT2D eigenvalue weighted by Crippen LogP contribution is 2.64. The van der Waals surface area contributed by atoms with E-state index in [1.54, 1.807) is 5.56 Å². The van der Waals surface area contributed by atoms with Crippen molar-refractivity contribution in [1.29, 1.82) is 0 Å². The van der Waals surface area contributed by atoms with E-state index in [9.17, 15) is 0 Å². The number of anilines is 4. The zero-order valence-corrected chi connectivity index (χ0v) is 43.4. The van der Waals surface area contributed by atoms with Gasteiger partial charge >= 0.3 is 6.85 Å². The standard InChI is InChI=1S/C67H64BN3/c1-39-21-25-42(26-22-39)71-57-38-51-45(46-35-52-53(37-50(46)65(51,7)8)64(5,6)32-31-63(52,3)4)34-47(57)48-36-58(70-55-20-14-13-19-49(55)66(9)29-15-16-30-67(66,70)10)59-44-27-24-41-17-11-12-18-43(41)61(44)69-56-28-23-40(2)33-54(56)68(71)60(48)62(59)69/h11-14,17-28,33-38H,15-16,29-32H2,1-10H3. The molecule has 0 amide bonds. The molecule has 0 spiro atoms. The average molecular weight is 922 g/mol. The maximum absolute atomic E-state index is 2.88. The molecule has 3 aliphatic carbocycles. The van der Waals surface area contributed by atoms with Crippen molar-refractivity contribution in [1.82, 2.24) is 4.57 Å². The first kappa shape index (κ1) is 42.2. The van der Waals surface area contributed by atoms with Crippen molar-refractivity contribution in [3.63, 3.8) is 0 Å². The molecule has 350 valence electrons. The summed E-state index contributed by atoms with van der Waals surface area (Å²) in [5.41, 5.74) is 27.6. The average Bonchev–Trinajstić information content (AvgIpc) is 3.91. The Morgan fingerprint density at radius 2 is 1.15 bits per heavy atom. The Labute approximate surface area is 420 Å². The van der Waals surface area contributed by atoms with E-state index in [0.29, 0.717) is 0 Å². The molecule has 6 aliphatic rings. The van der Waals surface area contributed by atoms with Gasteiger partial charge in [0.05, 0.1) is 22.3 Å². The molecule has 71 heavy (non-hydrogen) atoms. The second kappa shape index (κ2) is 13.5. The van der Waals surface area contributed by atoms with E-state index in [2.05, 4.69) is 217 Å². The van der Waals surface area contributed by atoms with Crippen molar-refractivity contribution < 1.29 is 0 Å². The van der Waals surface area contributed by atoms with Crippen molar-refractivity contribution >= 4 is 73.1 Å². The molecule has 15 rings (SSSR count). The number of hydrogen-bond donors (Lipinski definition) is 0. The van der Waals surface area contributed by atoms with Gasteiger partial charge in [-0.25, -0.2) is 0 Å². The number of hydrogen-bond acceptors (Lipinski definition) is 2. The lowest BCUT2D eigenvalue weighted by molar-refractivity contribution is 0.195. The minimum absolute atomic E-state index is 0.0105. The van der Waals surface area contributed by atoms with Crippen LogP contribution < -0.4 is 20.6 Å². The Morgan fingerprint density at radius 1 is 0.465 bits per heavy atom. The zero-order valence-electron chi connectivity index (χ0n) is 43.4. The highest BCUT2D eigenvalue weighted by Gasteiger charge is 2.58. The Hall–Kier alpha value is -6.52. The fraction of sp³-hybridized carbons (Fsp3) is 0.313. The molecule has 0 bridgehead atoms. The van der Waals surface area contributed by atoms with Gasteiger partial charge in [-0.1, -0.05) is 157 Å². The third-order valence-electron chi connectivity index (χ3n) is 20.1. The Morgan fingerprint density at radius 3 is 1.96 bits per heavy atom. The number of benzene rings is 8.